The van der Waals surface area contributed by atoms with E-state index < -0.39 is 34.9 Å². The number of hydrogen-bond donors (Lipinski definition) is 2. The van der Waals surface area contributed by atoms with Gasteiger partial charge in [0, 0.05) is 12.1 Å². The van der Waals surface area contributed by atoms with Crippen LogP contribution in [0.5, 0.6) is 23.1 Å². The molecule has 0 unspecified atom stereocenters. The summed E-state index contributed by atoms with van der Waals surface area (Å²) < 4.78 is 57.1. The molecular weight excluding hydrogens is 471 g/mol. The van der Waals surface area contributed by atoms with Gasteiger partial charge in [0.2, 0.25) is 18.4 Å². The lowest BCUT2D eigenvalue weighted by Crippen LogP contribution is -2.39. The van der Waals surface area contributed by atoms with Crippen molar-refractivity contribution in [1.29, 1.82) is 0 Å². The first-order valence-corrected chi connectivity index (χ1v) is 10.6. The number of rotatable bonds is 3. The van der Waals surface area contributed by atoms with Crippen molar-refractivity contribution < 1.29 is 32.5 Å². The number of aromatic nitrogens is 2. The van der Waals surface area contributed by atoms with E-state index in [0.717, 1.165) is 23.8 Å². The molecule has 184 valence electrons. The molecule has 0 amide bonds. The van der Waals surface area contributed by atoms with Crippen LogP contribution < -0.4 is 25.5 Å². The highest BCUT2D eigenvalue weighted by molar-refractivity contribution is 5.63. The summed E-state index contributed by atoms with van der Waals surface area (Å²) in [5.41, 5.74) is -2.13. The van der Waals surface area contributed by atoms with Gasteiger partial charge in [0.1, 0.15) is 0 Å². The number of H-pyrrole nitrogens is 1. The molecule has 35 heavy (non-hydrogen) atoms. The normalized spacial score (nSPS) is 17.3. The van der Waals surface area contributed by atoms with Crippen molar-refractivity contribution >= 4 is 0 Å². The Hall–Kier alpha value is -3.93. The minimum atomic E-state index is -4.67. The quantitative estimate of drug-likeness (QED) is 0.580. The SMILES string of the molecule is COc1c2c(cc3c1[C@H](c1c(O)n(-c4cccc(C(F)(F)F)c4)c(=O)[nH]c1=O)N(C)CC3)OCO2. The van der Waals surface area contributed by atoms with Gasteiger partial charge in [-0.15, -0.1) is 0 Å². The molecule has 2 aliphatic heterocycles. The molecular formula is C23H20F3N3O6. The molecule has 2 aliphatic rings. The Morgan fingerprint density at radius 3 is 2.66 bits per heavy atom. The Kier molecular flexibility index (Phi) is 5.28. The summed E-state index contributed by atoms with van der Waals surface area (Å²) in [6.07, 6.45) is -4.10. The predicted molar refractivity (Wildman–Crippen MR) is 117 cm³/mol. The van der Waals surface area contributed by atoms with Gasteiger partial charge in [0.05, 0.1) is 30.0 Å². The molecule has 1 atom stereocenters. The largest absolute Gasteiger partial charge is 0.494 e. The van der Waals surface area contributed by atoms with Crippen molar-refractivity contribution in [2.45, 2.75) is 18.6 Å². The highest BCUT2D eigenvalue weighted by Crippen LogP contribution is 2.51. The van der Waals surface area contributed by atoms with Crippen LogP contribution in [-0.4, -0.2) is 47.1 Å². The molecule has 0 aliphatic carbocycles. The molecule has 3 aromatic rings. The highest BCUT2D eigenvalue weighted by Gasteiger charge is 2.38. The van der Waals surface area contributed by atoms with E-state index in [2.05, 4.69) is 4.98 Å². The van der Waals surface area contributed by atoms with Crippen LogP contribution in [0.1, 0.15) is 28.3 Å². The van der Waals surface area contributed by atoms with Crippen LogP contribution in [0.15, 0.2) is 39.9 Å². The van der Waals surface area contributed by atoms with E-state index in [1.807, 2.05) is 0 Å². The summed E-state index contributed by atoms with van der Waals surface area (Å²) in [4.78, 5) is 29.6. The monoisotopic (exact) mass is 491 g/mol. The molecule has 2 aromatic carbocycles. The standard InChI is InChI=1S/C23H20F3N3O6/c1-28-7-6-11-8-14-18(35-10-34-14)19(33-2)15(11)17(28)16-20(30)27-22(32)29(21(16)31)13-5-3-4-12(9-13)23(24,25)26/h3-5,8-9,17,31H,6-7,10H2,1-2H3,(H,27,30,32)/t17-/m1/s1. The molecule has 0 saturated heterocycles. The molecule has 0 saturated carbocycles. The van der Waals surface area contributed by atoms with Crippen molar-refractivity contribution in [2.75, 3.05) is 27.5 Å². The van der Waals surface area contributed by atoms with E-state index in [4.69, 9.17) is 14.2 Å². The smallest absolute Gasteiger partial charge is 0.416 e. The summed E-state index contributed by atoms with van der Waals surface area (Å²) >= 11 is 0. The molecule has 12 heteroatoms. The Labute approximate surface area is 195 Å². The van der Waals surface area contributed by atoms with Crippen LogP contribution in [0.4, 0.5) is 13.2 Å². The Bertz CT molecular complexity index is 1450. The van der Waals surface area contributed by atoms with Crippen molar-refractivity contribution in [1.82, 2.24) is 14.5 Å². The second-order valence-electron chi connectivity index (χ2n) is 8.23. The molecule has 0 spiro atoms. The molecule has 3 heterocycles. The Morgan fingerprint density at radius 1 is 1.17 bits per heavy atom. The van der Waals surface area contributed by atoms with Gasteiger partial charge in [0.15, 0.2) is 11.5 Å². The van der Waals surface area contributed by atoms with E-state index >= 15 is 0 Å². The van der Waals surface area contributed by atoms with Crippen LogP contribution in [0.25, 0.3) is 5.69 Å². The Balaban J connectivity index is 1.76. The lowest BCUT2D eigenvalue weighted by atomic mass is 9.87. The maximum absolute atomic E-state index is 13.3. The van der Waals surface area contributed by atoms with Crippen molar-refractivity contribution in [2.24, 2.45) is 0 Å². The van der Waals surface area contributed by atoms with Crippen molar-refractivity contribution in [3.05, 3.63) is 73.4 Å². The summed E-state index contributed by atoms with van der Waals surface area (Å²) in [7, 11) is 3.15. The molecule has 0 radical (unpaired) electrons. The van der Waals surface area contributed by atoms with Gasteiger partial charge in [-0.05, 0) is 43.3 Å². The van der Waals surface area contributed by atoms with E-state index in [9.17, 15) is 27.9 Å². The second kappa shape index (κ2) is 8.08. The molecule has 0 bridgehead atoms. The Morgan fingerprint density at radius 2 is 1.94 bits per heavy atom. The lowest BCUT2D eigenvalue weighted by Gasteiger charge is -2.36. The third-order valence-electron chi connectivity index (χ3n) is 6.22. The van der Waals surface area contributed by atoms with Gasteiger partial charge < -0.3 is 19.3 Å². The molecule has 0 fully saturated rings. The first-order valence-electron chi connectivity index (χ1n) is 10.6. The zero-order chi connectivity index (χ0) is 25.1. The number of benzene rings is 2. The first-order chi connectivity index (χ1) is 16.6. The third kappa shape index (κ3) is 3.60. The average molecular weight is 491 g/mol. The molecule has 5 rings (SSSR count). The summed E-state index contributed by atoms with van der Waals surface area (Å²) in [6.45, 7) is 0.462. The number of fused-ring (bicyclic) bond motifs is 2. The number of nitrogens with zero attached hydrogens (tertiary/aromatic N) is 2. The number of halogens is 3. The minimum Gasteiger partial charge on any atom is -0.494 e. The van der Waals surface area contributed by atoms with Gasteiger partial charge in [-0.1, -0.05) is 6.07 Å². The summed E-state index contributed by atoms with van der Waals surface area (Å²) in [5, 5.41) is 11.2. The van der Waals surface area contributed by atoms with Gasteiger partial charge in [0.25, 0.3) is 5.56 Å². The molecule has 9 nitrogen and oxygen atoms in total. The predicted octanol–water partition coefficient (Wildman–Crippen LogP) is 2.56. The highest BCUT2D eigenvalue weighted by atomic mass is 19.4. The maximum Gasteiger partial charge on any atom is 0.416 e. The fourth-order valence-electron chi connectivity index (χ4n) is 4.64. The number of nitrogens with one attached hydrogen (secondary N) is 1. The number of aromatic hydroxyl groups is 1. The number of aromatic amines is 1. The lowest BCUT2D eigenvalue weighted by molar-refractivity contribution is -0.137. The topological polar surface area (TPSA) is 106 Å². The van der Waals surface area contributed by atoms with Gasteiger partial charge in [-0.3, -0.25) is 14.7 Å². The van der Waals surface area contributed by atoms with Crippen LogP contribution in [-0.2, 0) is 12.6 Å². The van der Waals surface area contributed by atoms with Crippen molar-refractivity contribution in [3.63, 3.8) is 0 Å². The summed E-state index contributed by atoms with van der Waals surface area (Å²) in [6, 6.07) is 4.78. The first kappa shape index (κ1) is 22.8. The number of alkyl halides is 3. The number of methoxy groups -OCH3 is 1. The average Bonchev–Trinajstić information content (AvgIpc) is 3.26. The van der Waals surface area contributed by atoms with Gasteiger partial charge in [-0.25, -0.2) is 9.36 Å². The van der Waals surface area contributed by atoms with Crippen molar-refractivity contribution in [3.8, 4) is 28.8 Å². The van der Waals surface area contributed by atoms with E-state index in [-0.39, 0.29) is 18.0 Å². The van der Waals surface area contributed by atoms with E-state index in [0.29, 0.717) is 40.3 Å². The fourth-order valence-corrected chi connectivity index (χ4v) is 4.64. The fraction of sp³-hybridized carbons (Fsp3) is 0.304. The summed E-state index contributed by atoms with van der Waals surface area (Å²) in [5.74, 6) is 0.356. The van der Waals surface area contributed by atoms with Crippen LogP contribution in [0, 0.1) is 0 Å². The third-order valence-corrected chi connectivity index (χ3v) is 6.22. The number of hydrogen-bond acceptors (Lipinski definition) is 7. The van der Waals surface area contributed by atoms with Gasteiger partial charge in [-0.2, -0.15) is 13.2 Å². The van der Waals surface area contributed by atoms with E-state index in [1.165, 1.54) is 13.2 Å². The zero-order valence-electron chi connectivity index (χ0n) is 18.6. The molecule has 2 N–H and O–H groups in total. The zero-order valence-corrected chi connectivity index (χ0v) is 18.6. The van der Waals surface area contributed by atoms with Crippen LogP contribution >= 0.6 is 0 Å². The number of likely N-dealkylation sites (N-methyl/N-ethyl adjacent to an activating group) is 1. The minimum absolute atomic E-state index is 0.0125. The molecule has 1 aromatic heterocycles. The second-order valence-corrected chi connectivity index (χ2v) is 8.23. The van der Waals surface area contributed by atoms with E-state index in [1.54, 1.807) is 18.0 Å². The maximum atomic E-state index is 13.3. The number of ether oxygens (including phenoxy) is 3. The van der Waals surface area contributed by atoms with Crippen LogP contribution in [0.2, 0.25) is 0 Å². The van der Waals surface area contributed by atoms with Gasteiger partial charge >= 0.3 is 11.9 Å². The van der Waals surface area contributed by atoms with Crippen LogP contribution in [0.3, 0.4) is 0 Å².